The molecule has 2 aliphatic carbocycles. The van der Waals surface area contributed by atoms with E-state index in [1.54, 1.807) is 0 Å². The molecule has 0 atom stereocenters. The molecule has 0 aromatic heterocycles. The Morgan fingerprint density at radius 2 is 1.95 bits per heavy atom. The van der Waals surface area contributed by atoms with Gasteiger partial charge in [-0.3, -0.25) is 4.99 Å². The highest BCUT2D eigenvalue weighted by atomic mass is 32.2. The van der Waals surface area contributed by atoms with Crippen molar-refractivity contribution in [3.8, 4) is 0 Å². The topological polar surface area (TPSA) is 24.4 Å². The molecular weight excluding hydrogens is 252 g/mol. The molecule has 0 aromatic rings. The van der Waals surface area contributed by atoms with Crippen LogP contribution in [-0.4, -0.2) is 24.0 Å². The van der Waals surface area contributed by atoms with Crippen LogP contribution in [0.1, 0.15) is 64.7 Å². The lowest BCUT2D eigenvalue weighted by Gasteiger charge is -2.38. The van der Waals surface area contributed by atoms with E-state index in [4.69, 9.17) is 4.99 Å². The number of nitrogens with zero attached hydrogens (tertiary/aromatic N) is 1. The van der Waals surface area contributed by atoms with Gasteiger partial charge in [0.2, 0.25) is 0 Å². The van der Waals surface area contributed by atoms with Crippen molar-refractivity contribution in [3.63, 3.8) is 0 Å². The SMILES string of the molecule is CCCC1(CNC2=NCC3(CCCCC3)CS2)CC1. The molecule has 0 radical (unpaired) electrons. The van der Waals surface area contributed by atoms with Gasteiger partial charge >= 0.3 is 0 Å². The maximum atomic E-state index is 4.87. The van der Waals surface area contributed by atoms with E-state index >= 15 is 0 Å². The van der Waals surface area contributed by atoms with Crippen LogP contribution in [-0.2, 0) is 0 Å². The smallest absolute Gasteiger partial charge is 0.156 e. The zero-order valence-corrected chi connectivity index (χ0v) is 13.2. The van der Waals surface area contributed by atoms with E-state index in [0.717, 1.165) is 6.54 Å². The van der Waals surface area contributed by atoms with E-state index in [2.05, 4.69) is 12.2 Å². The average Bonchev–Trinajstić information content (AvgIpc) is 3.20. The van der Waals surface area contributed by atoms with E-state index in [9.17, 15) is 0 Å². The minimum atomic E-state index is 0.564. The molecule has 0 aromatic carbocycles. The van der Waals surface area contributed by atoms with Gasteiger partial charge in [-0.05, 0) is 42.9 Å². The van der Waals surface area contributed by atoms with E-state index in [1.807, 2.05) is 11.8 Å². The van der Waals surface area contributed by atoms with Crippen molar-refractivity contribution in [2.45, 2.75) is 64.7 Å². The Labute approximate surface area is 122 Å². The van der Waals surface area contributed by atoms with Crippen LogP contribution in [0.3, 0.4) is 0 Å². The maximum Gasteiger partial charge on any atom is 0.156 e. The second kappa shape index (κ2) is 5.67. The summed E-state index contributed by atoms with van der Waals surface area (Å²) in [5, 5.41) is 4.88. The molecule has 0 saturated heterocycles. The average molecular weight is 280 g/mol. The van der Waals surface area contributed by atoms with Gasteiger partial charge in [-0.1, -0.05) is 44.4 Å². The third-order valence-electron chi connectivity index (χ3n) is 5.34. The summed E-state index contributed by atoms with van der Waals surface area (Å²) in [4.78, 5) is 4.87. The minimum absolute atomic E-state index is 0.564. The monoisotopic (exact) mass is 280 g/mol. The fraction of sp³-hybridized carbons (Fsp3) is 0.938. The summed E-state index contributed by atoms with van der Waals surface area (Å²) in [6.07, 6.45) is 12.7. The molecule has 1 heterocycles. The molecule has 1 N–H and O–H groups in total. The number of hydrogen-bond acceptors (Lipinski definition) is 3. The summed E-state index contributed by atoms with van der Waals surface area (Å²) in [5.74, 6) is 1.31. The molecule has 1 aliphatic heterocycles. The predicted octanol–water partition coefficient (Wildman–Crippen LogP) is 4.21. The predicted molar refractivity (Wildman–Crippen MR) is 84.9 cm³/mol. The Bertz CT molecular complexity index is 341. The fourth-order valence-electron chi connectivity index (χ4n) is 3.75. The Balaban J connectivity index is 1.48. The molecule has 3 aliphatic rings. The molecule has 0 amide bonds. The first kappa shape index (κ1) is 13.8. The number of hydrogen-bond donors (Lipinski definition) is 1. The molecule has 3 heteroatoms. The summed E-state index contributed by atoms with van der Waals surface area (Å²) in [7, 11) is 0. The molecular formula is C16H28N2S. The normalized spacial score (nSPS) is 27.9. The van der Waals surface area contributed by atoms with E-state index in [0.29, 0.717) is 10.8 Å². The van der Waals surface area contributed by atoms with E-state index in [-0.39, 0.29) is 0 Å². The van der Waals surface area contributed by atoms with Crippen LogP contribution in [0.4, 0.5) is 0 Å². The third-order valence-corrected chi connectivity index (χ3v) is 6.64. The molecule has 2 nitrogen and oxygen atoms in total. The fourth-order valence-corrected chi connectivity index (χ4v) is 4.90. The van der Waals surface area contributed by atoms with Crippen molar-refractivity contribution in [2.75, 3.05) is 18.8 Å². The van der Waals surface area contributed by atoms with Crippen molar-refractivity contribution in [1.29, 1.82) is 0 Å². The van der Waals surface area contributed by atoms with Crippen molar-refractivity contribution in [2.24, 2.45) is 15.8 Å². The lowest BCUT2D eigenvalue weighted by atomic mass is 9.75. The van der Waals surface area contributed by atoms with Crippen molar-refractivity contribution in [1.82, 2.24) is 5.32 Å². The number of amidine groups is 1. The van der Waals surface area contributed by atoms with Crippen LogP contribution in [0.15, 0.2) is 4.99 Å². The number of rotatable bonds is 4. The third kappa shape index (κ3) is 3.29. The number of aliphatic imine (C=N–C) groups is 1. The van der Waals surface area contributed by atoms with Crippen LogP contribution in [0.5, 0.6) is 0 Å². The standard InChI is InChI=1S/C16H28N2S/c1-2-6-15(9-10-15)11-17-14-18-12-16(13-19-14)7-4-3-5-8-16/h2-13H2,1H3,(H,17,18). The summed E-state index contributed by atoms with van der Waals surface area (Å²) < 4.78 is 0. The second-order valence-electron chi connectivity index (χ2n) is 7.07. The van der Waals surface area contributed by atoms with Gasteiger partial charge in [0.25, 0.3) is 0 Å². The summed E-state index contributed by atoms with van der Waals surface area (Å²) in [6.45, 7) is 4.56. The lowest BCUT2D eigenvalue weighted by Crippen LogP contribution is -2.38. The maximum absolute atomic E-state index is 4.87. The molecule has 3 rings (SSSR count). The zero-order chi connectivity index (χ0) is 13.2. The molecule has 2 saturated carbocycles. The first-order valence-electron chi connectivity index (χ1n) is 8.17. The minimum Gasteiger partial charge on any atom is -0.364 e. The van der Waals surface area contributed by atoms with Gasteiger partial charge < -0.3 is 5.32 Å². The zero-order valence-electron chi connectivity index (χ0n) is 12.3. The van der Waals surface area contributed by atoms with Gasteiger partial charge in [0, 0.05) is 18.8 Å². The highest BCUT2D eigenvalue weighted by Gasteiger charge is 2.42. The van der Waals surface area contributed by atoms with Gasteiger partial charge in [-0.2, -0.15) is 0 Å². The van der Waals surface area contributed by atoms with Crippen molar-refractivity contribution in [3.05, 3.63) is 0 Å². The van der Waals surface area contributed by atoms with Gasteiger partial charge in [0.15, 0.2) is 5.17 Å². The van der Waals surface area contributed by atoms with Gasteiger partial charge in [-0.15, -0.1) is 0 Å². The van der Waals surface area contributed by atoms with Gasteiger partial charge in [0.1, 0.15) is 0 Å². The van der Waals surface area contributed by atoms with E-state index in [1.165, 1.54) is 75.3 Å². The van der Waals surface area contributed by atoms with Crippen LogP contribution in [0.25, 0.3) is 0 Å². The molecule has 0 bridgehead atoms. The van der Waals surface area contributed by atoms with Crippen LogP contribution >= 0.6 is 11.8 Å². The number of nitrogens with one attached hydrogen (secondary N) is 1. The Morgan fingerprint density at radius 1 is 1.16 bits per heavy atom. The first-order valence-corrected chi connectivity index (χ1v) is 9.16. The molecule has 1 spiro atoms. The van der Waals surface area contributed by atoms with Crippen LogP contribution in [0.2, 0.25) is 0 Å². The Morgan fingerprint density at radius 3 is 2.53 bits per heavy atom. The largest absolute Gasteiger partial charge is 0.364 e. The quantitative estimate of drug-likeness (QED) is 0.834. The Hall–Kier alpha value is -0.180. The van der Waals surface area contributed by atoms with Gasteiger partial charge in [-0.25, -0.2) is 0 Å². The molecule has 19 heavy (non-hydrogen) atoms. The summed E-state index contributed by atoms with van der Waals surface area (Å²) >= 11 is 1.99. The second-order valence-corrected chi connectivity index (χ2v) is 8.04. The van der Waals surface area contributed by atoms with Crippen molar-refractivity contribution < 1.29 is 0 Å². The van der Waals surface area contributed by atoms with Crippen LogP contribution in [0, 0.1) is 10.8 Å². The van der Waals surface area contributed by atoms with Crippen LogP contribution < -0.4 is 5.32 Å². The van der Waals surface area contributed by atoms with E-state index < -0.39 is 0 Å². The highest BCUT2D eigenvalue weighted by Crippen LogP contribution is 2.49. The highest BCUT2D eigenvalue weighted by molar-refractivity contribution is 8.13. The summed E-state index contributed by atoms with van der Waals surface area (Å²) in [5.41, 5.74) is 1.20. The Kier molecular flexibility index (Phi) is 4.11. The lowest BCUT2D eigenvalue weighted by molar-refractivity contribution is 0.232. The summed E-state index contributed by atoms with van der Waals surface area (Å²) in [6, 6.07) is 0. The number of thioether (sulfide) groups is 1. The van der Waals surface area contributed by atoms with Gasteiger partial charge in [0.05, 0.1) is 0 Å². The molecule has 108 valence electrons. The first-order chi connectivity index (χ1) is 9.26. The molecule has 2 fully saturated rings. The molecule has 0 unspecified atom stereocenters. The van der Waals surface area contributed by atoms with Crippen molar-refractivity contribution >= 4 is 16.9 Å².